The van der Waals surface area contributed by atoms with E-state index in [1.165, 1.54) is 0 Å². The Kier molecular flexibility index (Phi) is 8.20. The van der Waals surface area contributed by atoms with Crippen LogP contribution in [0.3, 0.4) is 0 Å². The van der Waals surface area contributed by atoms with Crippen molar-refractivity contribution >= 4 is 0 Å². The van der Waals surface area contributed by atoms with Crippen LogP contribution < -0.4 is 0 Å². The van der Waals surface area contributed by atoms with Crippen molar-refractivity contribution in [3.63, 3.8) is 0 Å². The van der Waals surface area contributed by atoms with E-state index in [-0.39, 0.29) is 12.2 Å². The first-order chi connectivity index (χ1) is 6.67. The largest absolute Gasteiger partial charge is 0.390 e. The molecule has 0 unspecified atom stereocenters. The Morgan fingerprint density at radius 3 is 2.14 bits per heavy atom. The molecule has 2 heteroatoms. The van der Waals surface area contributed by atoms with Gasteiger partial charge < -0.3 is 9.84 Å². The quantitative estimate of drug-likeness (QED) is 0.613. The van der Waals surface area contributed by atoms with Crippen molar-refractivity contribution in [2.45, 2.75) is 65.6 Å². The highest BCUT2D eigenvalue weighted by atomic mass is 16.5. The maximum atomic E-state index is 9.95. The maximum absolute atomic E-state index is 9.95. The van der Waals surface area contributed by atoms with Gasteiger partial charge in [-0.3, -0.25) is 0 Å². The SMILES string of the molecule is CCCCO[C@@H](C)[C@@H](O)C(CC)CC. The average Bonchev–Trinajstić information content (AvgIpc) is 2.19. The van der Waals surface area contributed by atoms with Gasteiger partial charge in [0.2, 0.25) is 0 Å². The van der Waals surface area contributed by atoms with Gasteiger partial charge in [-0.2, -0.15) is 0 Å². The van der Waals surface area contributed by atoms with E-state index >= 15 is 0 Å². The molecule has 2 nitrogen and oxygen atoms in total. The Hall–Kier alpha value is -0.0800. The monoisotopic (exact) mass is 202 g/mol. The zero-order valence-electron chi connectivity index (χ0n) is 10.1. The molecular formula is C12H26O2. The summed E-state index contributed by atoms with van der Waals surface area (Å²) >= 11 is 0. The third-order valence-electron chi connectivity index (χ3n) is 2.89. The second-order valence-corrected chi connectivity index (χ2v) is 4.00. The Labute approximate surface area is 88.7 Å². The van der Waals surface area contributed by atoms with Gasteiger partial charge in [-0.05, 0) is 19.3 Å². The van der Waals surface area contributed by atoms with Gasteiger partial charge in [0.05, 0.1) is 12.2 Å². The van der Waals surface area contributed by atoms with Gasteiger partial charge in [0, 0.05) is 6.61 Å². The molecule has 0 heterocycles. The van der Waals surface area contributed by atoms with E-state index in [2.05, 4.69) is 20.8 Å². The first kappa shape index (κ1) is 13.9. The van der Waals surface area contributed by atoms with E-state index < -0.39 is 0 Å². The average molecular weight is 202 g/mol. The summed E-state index contributed by atoms with van der Waals surface area (Å²) in [6.07, 6.45) is 3.96. The fraction of sp³-hybridized carbons (Fsp3) is 1.00. The minimum atomic E-state index is -0.304. The number of ether oxygens (including phenoxy) is 1. The zero-order valence-corrected chi connectivity index (χ0v) is 10.1. The number of aliphatic hydroxyl groups excluding tert-OH is 1. The molecule has 86 valence electrons. The molecule has 0 aromatic rings. The van der Waals surface area contributed by atoms with Crippen molar-refractivity contribution in [3.05, 3.63) is 0 Å². The van der Waals surface area contributed by atoms with Crippen molar-refractivity contribution in [1.82, 2.24) is 0 Å². The third kappa shape index (κ3) is 4.97. The Morgan fingerprint density at radius 2 is 1.71 bits per heavy atom. The van der Waals surface area contributed by atoms with Gasteiger partial charge in [-0.25, -0.2) is 0 Å². The molecule has 2 atom stereocenters. The van der Waals surface area contributed by atoms with Gasteiger partial charge in [0.15, 0.2) is 0 Å². The molecule has 0 amide bonds. The number of hydrogen-bond donors (Lipinski definition) is 1. The molecule has 0 saturated heterocycles. The van der Waals surface area contributed by atoms with Gasteiger partial charge in [0.1, 0.15) is 0 Å². The Bertz CT molecular complexity index is 121. The van der Waals surface area contributed by atoms with Gasteiger partial charge in [0.25, 0.3) is 0 Å². The van der Waals surface area contributed by atoms with Crippen LogP contribution in [0.25, 0.3) is 0 Å². The van der Waals surface area contributed by atoms with Crippen LogP contribution >= 0.6 is 0 Å². The standard InChI is InChI=1S/C12H26O2/c1-5-8-9-14-10(4)12(13)11(6-2)7-3/h10-13H,5-9H2,1-4H3/t10-,12+/m0/s1. The molecule has 0 aliphatic carbocycles. The second kappa shape index (κ2) is 8.25. The van der Waals surface area contributed by atoms with Crippen LogP contribution in [-0.2, 0) is 4.74 Å². The van der Waals surface area contributed by atoms with Crippen molar-refractivity contribution in [1.29, 1.82) is 0 Å². The molecule has 0 radical (unpaired) electrons. The lowest BCUT2D eigenvalue weighted by atomic mass is 9.93. The minimum Gasteiger partial charge on any atom is -0.390 e. The van der Waals surface area contributed by atoms with E-state index in [1.54, 1.807) is 0 Å². The van der Waals surface area contributed by atoms with Crippen molar-refractivity contribution in [2.24, 2.45) is 5.92 Å². The summed E-state index contributed by atoms with van der Waals surface area (Å²) in [5.74, 6) is 0.381. The van der Waals surface area contributed by atoms with E-state index in [9.17, 15) is 5.11 Å². The molecule has 0 spiro atoms. The van der Waals surface area contributed by atoms with Crippen LogP contribution in [0.4, 0.5) is 0 Å². The third-order valence-corrected chi connectivity index (χ3v) is 2.89. The molecule has 0 aliphatic rings. The summed E-state index contributed by atoms with van der Waals surface area (Å²) in [5.41, 5.74) is 0. The van der Waals surface area contributed by atoms with Crippen LogP contribution in [0.1, 0.15) is 53.4 Å². The molecule has 0 aromatic heterocycles. The lowest BCUT2D eigenvalue weighted by Gasteiger charge is -2.26. The predicted molar refractivity (Wildman–Crippen MR) is 60.4 cm³/mol. The number of aliphatic hydroxyl groups is 1. The lowest BCUT2D eigenvalue weighted by molar-refractivity contribution is -0.0545. The summed E-state index contributed by atoms with van der Waals surface area (Å²) in [5, 5.41) is 9.95. The van der Waals surface area contributed by atoms with Crippen LogP contribution in [-0.4, -0.2) is 23.9 Å². The Balaban J connectivity index is 3.78. The molecule has 1 N–H and O–H groups in total. The molecule has 0 aliphatic heterocycles. The summed E-state index contributed by atoms with van der Waals surface area (Å²) in [6.45, 7) is 9.13. The summed E-state index contributed by atoms with van der Waals surface area (Å²) in [7, 11) is 0. The van der Waals surface area contributed by atoms with E-state index in [0.717, 1.165) is 32.3 Å². The molecule has 0 bridgehead atoms. The second-order valence-electron chi connectivity index (χ2n) is 4.00. The highest BCUT2D eigenvalue weighted by molar-refractivity contribution is 4.72. The predicted octanol–water partition coefficient (Wildman–Crippen LogP) is 2.99. The van der Waals surface area contributed by atoms with Gasteiger partial charge >= 0.3 is 0 Å². The molecule has 0 saturated carbocycles. The number of hydrogen-bond acceptors (Lipinski definition) is 2. The molecular weight excluding hydrogens is 176 g/mol. The van der Waals surface area contributed by atoms with Crippen LogP contribution in [0.15, 0.2) is 0 Å². The number of rotatable bonds is 8. The topological polar surface area (TPSA) is 29.5 Å². The van der Waals surface area contributed by atoms with Crippen molar-refractivity contribution < 1.29 is 9.84 Å². The smallest absolute Gasteiger partial charge is 0.0826 e. The van der Waals surface area contributed by atoms with E-state index in [4.69, 9.17) is 4.74 Å². The van der Waals surface area contributed by atoms with E-state index in [1.807, 2.05) is 6.92 Å². The lowest BCUT2D eigenvalue weighted by Crippen LogP contribution is -2.33. The van der Waals surface area contributed by atoms with Gasteiger partial charge in [-0.15, -0.1) is 0 Å². The fourth-order valence-electron chi connectivity index (χ4n) is 1.67. The van der Waals surface area contributed by atoms with Gasteiger partial charge in [-0.1, -0.05) is 40.0 Å². The van der Waals surface area contributed by atoms with E-state index in [0.29, 0.717) is 5.92 Å². The summed E-state index contributed by atoms with van der Waals surface area (Å²) in [6, 6.07) is 0. The van der Waals surface area contributed by atoms with Crippen LogP contribution in [0, 0.1) is 5.92 Å². The molecule has 0 rings (SSSR count). The van der Waals surface area contributed by atoms with Crippen LogP contribution in [0.5, 0.6) is 0 Å². The normalized spacial score (nSPS) is 15.9. The minimum absolute atomic E-state index is 0.0218. The first-order valence-electron chi connectivity index (χ1n) is 5.96. The molecule has 14 heavy (non-hydrogen) atoms. The maximum Gasteiger partial charge on any atom is 0.0826 e. The summed E-state index contributed by atoms with van der Waals surface area (Å²) in [4.78, 5) is 0. The van der Waals surface area contributed by atoms with Crippen molar-refractivity contribution in [3.8, 4) is 0 Å². The van der Waals surface area contributed by atoms with Crippen LogP contribution in [0.2, 0.25) is 0 Å². The highest BCUT2D eigenvalue weighted by Gasteiger charge is 2.22. The first-order valence-corrected chi connectivity index (χ1v) is 5.96. The highest BCUT2D eigenvalue weighted by Crippen LogP contribution is 2.17. The Morgan fingerprint density at radius 1 is 1.14 bits per heavy atom. The summed E-state index contributed by atoms with van der Waals surface area (Å²) < 4.78 is 5.58. The van der Waals surface area contributed by atoms with Crippen molar-refractivity contribution in [2.75, 3.05) is 6.61 Å². The fourth-order valence-corrected chi connectivity index (χ4v) is 1.67. The zero-order chi connectivity index (χ0) is 11.0. The molecule has 0 aromatic carbocycles. The molecule has 0 fully saturated rings. The number of unbranched alkanes of at least 4 members (excludes halogenated alkanes) is 1.